The SMILES string of the molecule is Cc1cc(N=Cc2cc(I)cc(C)c2O)ccc1NC(=O)c1ccccc1. The van der Waals surface area contributed by atoms with Crippen LogP contribution >= 0.6 is 22.6 Å². The molecule has 136 valence electrons. The minimum Gasteiger partial charge on any atom is -0.507 e. The summed E-state index contributed by atoms with van der Waals surface area (Å²) >= 11 is 2.21. The highest BCUT2D eigenvalue weighted by Gasteiger charge is 2.08. The maximum Gasteiger partial charge on any atom is 0.255 e. The first-order valence-corrected chi connectivity index (χ1v) is 9.52. The van der Waals surface area contributed by atoms with Crippen LogP contribution in [0.3, 0.4) is 0 Å². The summed E-state index contributed by atoms with van der Waals surface area (Å²) < 4.78 is 1.04. The first-order chi connectivity index (χ1) is 12.9. The molecule has 0 heterocycles. The van der Waals surface area contributed by atoms with E-state index >= 15 is 0 Å². The average Bonchev–Trinajstić information content (AvgIpc) is 2.66. The zero-order valence-corrected chi connectivity index (χ0v) is 17.2. The van der Waals surface area contributed by atoms with Gasteiger partial charge in [0, 0.05) is 26.6 Å². The van der Waals surface area contributed by atoms with E-state index in [2.05, 4.69) is 32.9 Å². The van der Waals surface area contributed by atoms with E-state index < -0.39 is 0 Å². The maximum atomic E-state index is 12.3. The number of hydrogen-bond acceptors (Lipinski definition) is 3. The van der Waals surface area contributed by atoms with Crippen LogP contribution in [-0.4, -0.2) is 17.2 Å². The second-order valence-corrected chi connectivity index (χ2v) is 7.48. The molecule has 3 rings (SSSR count). The lowest BCUT2D eigenvalue weighted by molar-refractivity contribution is 0.102. The number of aromatic hydroxyl groups is 1. The number of rotatable bonds is 4. The number of anilines is 1. The molecule has 3 aromatic carbocycles. The van der Waals surface area contributed by atoms with Gasteiger partial charge in [-0.15, -0.1) is 0 Å². The van der Waals surface area contributed by atoms with Gasteiger partial charge in [-0.1, -0.05) is 18.2 Å². The summed E-state index contributed by atoms with van der Waals surface area (Å²) in [6.07, 6.45) is 1.65. The van der Waals surface area contributed by atoms with Gasteiger partial charge in [-0.05, 0) is 90.0 Å². The topological polar surface area (TPSA) is 61.7 Å². The van der Waals surface area contributed by atoms with Crippen molar-refractivity contribution in [3.05, 3.63) is 86.5 Å². The number of nitrogens with zero attached hydrogens (tertiary/aromatic N) is 1. The van der Waals surface area contributed by atoms with Gasteiger partial charge in [0.15, 0.2) is 0 Å². The zero-order valence-electron chi connectivity index (χ0n) is 15.0. The number of nitrogens with one attached hydrogen (secondary N) is 1. The monoisotopic (exact) mass is 470 g/mol. The van der Waals surface area contributed by atoms with Crippen molar-refractivity contribution in [1.82, 2.24) is 0 Å². The smallest absolute Gasteiger partial charge is 0.255 e. The summed E-state index contributed by atoms with van der Waals surface area (Å²) in [5.74, 6) is 0.0943. The second-order valence-electron chi connectivity index (χ2n) is 6.24. The van der Waals surface area contributed by atoms with Crippen LogP contribution in [0.25, 0.3) is 0 Å². The summed E-state index contributed by atoms with van der Waals surface area (Å²) in [5, 5.41) is 13.1. The highest BCUT2D eigenvalue weighted by Crippen LogP contribution is 2.26. The van der Waals surface area contributed by atoms with Crippen molar-refractivity contribution in [2.75, 3.05) is 5.32 Å². The van der Waals surface area contributed by atoms with Crippen LogP contribution < -0.4 is 5.32 Å². The molecule has 5 heteroatoms. The molecule has 0 bridgehead atoms. The van der Waals surface area contributed by atoms with E-state index in [-0.39, 0.29) is 11.7 Å². The Hall–Kier alpha value is -2.67. The molecule has 2 N–H and O–H groups in total. The molecule has 0 saturated heterocycles. The molecule has 0 aliphatic rings. The molecule has 3 aromatic rings. The van der Waals surface area contributed by atoms with Crippen molar-refractivity contribution in [2.45, 2.75) is 13.8 Å². The van der Waals surface area contributed by atoms with Crippen LogP contribution in [0.2, 0.25) is 0 Å². The molecule has 0 radical (unpaired) electrons. The number of hydrogen-bond donors (Lipinski definition) is 2. The fraction of sp³-hybridized carbons (Fsp3) is 0.0909. The Bertz CT molecular complexity index is 1010. The van der Waals surface area contributed by atoms with Gasteiger partial charge < -0.3 is 10.4 Å². The summed E-state index contributed by atoms with van der Waals surface area (Å²) in [4.78, 5) is 16.8. The minimum absolute atomic E-state index is 0.144. The zero-order chi connectivity index (χ0) is 19.4. The lowest BCUT2D eigenvalue weighted by atomic mass is 10.1. The molecule has 4 nitrogen and oxygen atoms in total. The third-order valence-electron chi connectivity index (χ3n) is 4.14. The normalized spacial score (nSPS) is 10.9. The Balaban J connectivity index is 1.78. The number of carbonyl (C=O) groups excluding carboxylic acids is 1. The van der Waals surface area contributed by atoms with Crippen molar-refractivity contribution in [2.24, 2.45) is 4.99 Å². The largest absolute Gasteiger partial charge is 0.507 e. The standard InChI is InChI=1S/C22H19IN2O2/c1-14-11-19(24-13-17-12-18(23)10-15(2)21(17)26)8-9-20(14)25-22(27)16-6-4-3-5-7-16/h3-13,26H,1-2H3,(H,25,27). The quantitative estimate of drug-likeness (QED) is 0.384. The molecule has 0 spiro atoms. The fourth-order valence-corrected chi connectivity index (χ4v) is 3.46. The molecule has 0 unspecified atom stereocenters. The van der Waals surface area contributed by atoms with Crippen LogP contribution in [-0.2, 0) is 0 Å². The molecular weight excluding hydrogens is 451 g/mol. The van der Waals surface area contributed by atoms with Gasteiger partial charge in [-0.3, -0.25) is 9.79 Å². The summed E-state index contributed by atoms with van der Waals surface area (Å²) in [6.45, 7) is 3.79. The van der Waals surface area contributed by atoms with Gasteiger partial charge >= 0.3 is 0 Å². The highest BCUT2D eigenvalue weighted by molar-refractivity contribution is 14.1. The van der Waals surface area contributed by atoms with E-state index in [9.17, 15) is 9.90 Å². The second kappa shape index (κ2) is 8.35. The molecule has 0 aliphatic heterocycles. The average molecular weight is 470 g/mol. The van der Waals surface area contributed by atoms with E-state index in [0.717, 1.165) is 26.1 Å². The maximum absolute atomic E-state index is 12.3. The third-order valence-corrected chi connectivity index (χ3v) is 4.76. The van der Waals surface area contributed by atoms with E-state index in [1.807, 2.05) is 62.4 Å². The number of amides is 1. The lowest BCUT2D eigenvalue weighted by Crippen LogP contribution is -2.12. The molecule has 0 fully saturated rings. The Morgan fingerprint density at radius 1 is 1.04 bits per heavy atom. The highest BCUT2D eigenvalue weighted by atomic mass is 127. The van der Waals surface area contributed by atoms with Gasteiger partial charge in [0.1, 0.15) is 5.75 Å². The van der Waals surface area contributed by atoms with Crippen molar-refractivity contribution in [1.29, 1.82) is 0 Å². The number of halogens is 1. The van der Waals surface area contributed by atoms with Gasteiger partial charge in [0.2, 0.25) is 0 Å². The fourth-order valence-electron chi connectivity index (χ4n) is 2.66. The molecule has 0 aliphatic carbocycles. The van der Waals surface area contributed by atoms with E-state index in [0.29, 0.717) is 11.1 Å². The molecule has 27 heavy (non-hydrogen) atoms. The number of phenolic OH excluding ortho intramolecular Hbond substituents is 1. The molecule has 0 aromatic heterocycles. The number of phenols is 1. The Kier molecular flexibility index (Phi) is 5.91. The van der Waals surface area contributed by atoms with Crippen molar-refractivity contribution < 1.29 is 9.90 Å². The molecule has 0 atom stereocenters. The van der Waals surface area contributed by atoms with Crippen molar-refractivity contribution in [3.63, 3.8) is 0 Å². The van der Waals surface area contributed by atoms with Gasteiger partial charge in [-0.2, -0.15) is 0 Å². The van der Waals surface area contributed by atoms with E-state index in [1.165, 1.54) is 0 Å². The summed E-state index contributed by atoms with van der Waals surface area (Å²) in [7, 11) is 0. The molecular formula is C22H19IN2O2. The predicted molar refractivity (Wildman–Crippen MR) is 118 cm³/mol. The minimum atomic E-state index is -0.144. The first-order valence-electron chi connectivity index (χ1n) is 8.44. The van der Waals surface area contributed by atoms with Crippen LogP contribution in [0.5, 0.6) is 5.75 Å². The van der Waals surface area contributed by atoms with Crippen molar-refractivity contribution in [3.8, 4) is 5.75 Å². The molecule has 0 saturated carbocycles. The van der Waals surface area contributed by atoms with Gasteiger partial charge in [-0.25, -0.2) is 0 Å². The number of benzene rings is 3. The predicted octanol–water partition coefficient (Wildman–Crippen LogP) is 5.62. The number of aryl methyl sites for hydroxylation is 2. The van der Waals surface area contributed by atoms with E-state index in [1.54, 1.807) is 18.3 Å². The van der Waals surface area contributed by atoms with Crippen LogP contribution in [0.1, 0.15) is 27.0 Å². The third kappa shape index (κ3) is 4.74. The van der Waals surface area contributed by atoms with Gasteiger partial charge in [0.25, 0.3) is 5.91 Å². The van der Waals surface area contributed by atoms with E-state index in [4.69, 9.17) is 0 Å². The van der Waals surface area contributed by atoms with Crippen molar-refractivity contribution >= 4 is 46.1 Å². The Labute approximate surface area is 172 Å². The Morgan fingerprint density at radius 3 is 2.48 bits per heavy atom. The van der Waals surface area contributed by atoms with Crippen LogP contribution in [0.15, 0.2) is 65.7 Å². The summed E-state index contributed by atoms with van der Waals surface area (Å²) in [6, 6.07) is 18.5. The number of aliphatic imine (C=N–C) groups is 1. The Morgan fingerprint density at radius 2 is 1.78 bits per heavy atom. The summed E-state index contributed by atoms with van der Waals surface area (Å²) in [5.41, 5.74) is 4.52. The van der Waals surface area contributed by atoms with Crippen LogP contribution in [0.4, 0.5) is 11.4 Å². The first kappa shape index (κ1) is 19.1. The lowest BCUT2D eigenvalue weighted by Gasteiger charge is -2.09. The van der Waals surface area contributed by atoms with Gasteiger partial charge in [0.05, 0.1) is 5.69 Å². The number of carbonyl (C=O) groups is 1. The molecule has 1 amide bonds. The van der Waals surface area contributed by atoms with Crippen LogP contribution in [0, 0.1) is 17.4 Å².